The van der Waals surface area contributed by atoms with E-state index in [2.05, 4.69) is 15.2 Å². The summed E-state index contributed by atoms with van der Waals surface area (Å²) in [7, 11) is 0. The predicted octanol–water partition coefficient (Wildman–Crippen LogP) is 2.06. The van der Waals surface area contributed by atoms with Crippen LogP contribution in [0, 0.1) is 12.8 Å². The van der Waals surface area contributed by atoms with Crippen LogP contribution < -0.4 is 5.32 Å². The lowest BCUT2D eigenvalue weighted by molar-refractivity contribution is 0.0706. The Bertz CT molecular complexity index is 449. The summed E-state index contributed by atoms with van der Waals surface area (Å²) in [4.78, 5) is 19.7. The van der Waals surface area contributed by atoms with Crippen LogP contribution in [0.25, 0.3) is 0 Å². The minimum absolute atomic E-state index is 0.201. The molecule has 0 aromatic carbocycles. The van der Waals surface area contributed by atoms with Crippen molar-refractivity contribution in [2.75, 3.05) is 19.6 Å². The third-order valence-corrected chi connectivity index (χ3v) is 4.89. The van der Waals surface area contributed by atoms with Gasteiger partial charge in [-0.25, -0.2) is 4.98 Å². The highest BCUT2D eigenvalue weighted by Crippen LogP contribution is 2.31. The summed E-state index contributed by atoms with van der Waals surface area (Å²) in [5, 5.41) is 4.36. The smallest absolute Gasteiger partial charge is 0.265 e. The number of rotatable bonds is 4. The molecular weight excluding hydrogens is 258 g/mol. The molecule has 2 fully saturated rings. The van der Waals surface area contributed by atoms with E-state index in [1.54, 1.807) is 6.20 Å². The Morgan fingerprint density at radius 3 is 2.74 bits per heavy atom. The van der Waals surface area contributed by atoms with Gasteiger partial charge in [0.2, 0.25) is 0 Å². The highest BCUT2D eigenvalue weighted by atomic mass is 32.1. The molecule has 1 aliphatic heterocycles. The van der Waals surface area contributed by atoms with Crippen LogP contribution in [0.15, 0.2) is 6.20 Å². The zero-order chi connectivity index (χ0) is 13.2. The molecule has 3 rings (SSSR count). The first-order valence-corrected chi connectivity index (χ1v) is 8.00. The van der Waals surface area contributed by atoms with Crippen LogP contribution in [-0.2, 0) is 0 Å². The van der Waals surface area contributed by atoms with Gasteiger partial charge in [0.25, 0.3) is 5.91 Å². The summed E-state index contributed by atoms with van der Waals surface area (Å²) in [5.74, 6) is 0.867. The van der Waals surface area contributed by atoms with E-state index in [0.717, 1.165) is 29.5 Å². The van der Waals surface area contributed by atoms with Crippen molar-refractivity contribution in [3.05, 3.63) is 16.1 Å². The van der Waals surface area contributed by atoms with Gasteiger partial charge in [0.1, 0.15) is 4.88 Å². The maximum Gasteiger partial charge on any atom is 0.265 e. The van der Waals surface area contributed by atoms with Crippen molar-refractivity contribution in [1.82, 2.24) is 15.2 Å². The Kier molecular flexibility index (Phi) is 3.84. The van der Waals surface area contributed by atoms with Gasteiger partial charge < -0.3 is 10.2 Å². The molecule has 0 radical (unpaired) electrons. The SMILES string of the molecule is Cc1ncc(C(=O)N(CC2CCNCC2)C2CC2)s1. The van der Waals surface area contributed by atoms with E-state index in [4.69, 9.17) is 0 Å². The Morgan fingerprint density at radius 2 is 2.16 bits per heavy atom. The molecule has 1 aliphatic carbocycles. The number of carbonyl (C=O) groups excluding carboxylic acids is 1. The average molecular weight is 279 g/mol. The van der Waals surface area contributed by atoms with E-state index in [1.807, 2.05) is 6.92 Å². The number of aromatic nitrogens is 1. The van der Waals surface area contributed by atoms with Gasteiger partial charge >= 0.3 is 0 Å². The zero-order valence-corrected chi connectivity index (χ0v) is 12.2. The van der Waals surface area contributed by atoms with E-state index in [0.29, 0.717) is 12.0 Å². The number of amides is 1. The van der Waals surface area contributed by atoms with Crippen molar-refractivity contribution in [2.45, 2.75) is 38.6 Å². The van der Waals surface area contributed by atoms with Crippen molar-refractivity contribution in [1.29, 1.82) is 0 Å². The lowest BCUT2D eigenvalue weighted by Crippen LogP contribution is -2.40. The van der Waals surface area contributed by atoms with Crippen LogP contribution in [0.4, 0.5) is 0 Å². The maximum atomic E-state index is 12.6. The normalized spacial score (nSPS) is 20.5. The second kappa shape index (κ2) is 5.59. The summed E-state index contributed by atoms with van der Waals surface area (Å²) in [6.45, 7) is 5.08. The summed E-state index contributed by atoms with van der Waals surface area (Å²) < 4.78 is 0. The zero-order valence-electron chi connectivity index (χ0n) is 11.4. The van der Waals surface area contributed by atoms with Crippen molar-refractivity contribution in [2.24, 2.45) is 5.92 Å². The number of thiazole rings is 1. The van der Waals surface area contributed by atoms with E-state index in [9.17, 15) is 4.79 Å². The number of piperidine rings is 1. The molecule has 104 valence electrons. The van der Waals surface area contributed by atoms with Crippen LogP contribution in [0.2, 0.25) is 0 Å². The molecule has 0 atom stereocenters. The highest BCUT2D eigenvalue weighted by molar-refractivity contribution is 7.13. The Morgan fingerprint density at radius 1 is 1.42 bits per heavy atom. The second-order valence-electron chi connectivity index (χ2n) is 5.63. The third kappa shape index (κ3) is 3.15. The number of nitrogens with zero attached hydrogens (tertiary/aromatic N) is 2. The minimum atomic E-state index is 0.201. The number of hydrogen-bond donors (Lipinski definition) is 1. The standard InChI is InChI=1S/C14H21N3OS/c1-10-16-8-13(19-10)14(18)17(12-2-3-12)9-11-4-6-15-7-5-11/h8,11-12,15H,2-7,9H2,1H3. The second-order valence-corrected chi connectivity index (χ2v) is 6.86. The number of nitrogens with one attached hydrogen (secondary N) is 1. The first-order chi connectivity index (χ1) is 9.24. The van der Waals surface area contributed by atoms with E-state index < -0.39 is 0 Å². The van der Waals surface area contributed by atoms with E-state index in [1.165, 1.54) is 37.0 Å². The molecular formula is C14H21N3OS. The first-order valence-electron chi connectivity index (χ1n) is 7.18. The first kappa shape index (κ1) is 13.1. The molecule has 4 nitrogen and oxygen atoms in total. The van der Waals surface area contributed by atoms with Crippen LogP contribution >= 0.6 is 11.3 Å². The Labute approximate surface area is 118 Å². The Hall–Kier alpha value is -0.940. The van der Waals surface area contributed by atoms with Gasteiger partial charge in [-0.1, -0.05) is 0 Å². The fraction of sp³-hybridized carbons (Fsp3) is 0.714. The molecule has 1 aromatic heterocycles. The number of hydrogen-bond acceptors (Lipinski definition) is 4. The number of aryl methyl sites for hydroxylation is 1. The molecule has 19 heavy (non-hydrogen) atoms. The topological polar surface area (TPSA) is 45.2 Å². The van der Waals surface area contributed by atoms with Crippen LogP contribution in [-0.4, -0.2) is 41.5 Å². The predicted molar refractivity (Wildman–Crippen MR) is 76.5 cm³/mol. The van der Waals surface area contributed by atoms with Crippen molar-refractivity contribution >= 4 is 17.2 Å². The van der Waals surface area contributed by atoms with Gasteiger partial charge in [-0.05, 0) is 51.6 Å². The van der Waals surface area contributed by atoms with Crippen molar-refractivity contribution in [3.63, 3.8) is 0 Å². The molecule has 2 aliphatic rings. The molecule has 0 bridgehead atoms. The Balaban J connectivity index is 1.68. The molecule has 1 saturated heterocycles. The lowest BCUT2D eigenvalue weighted by Gasteiger charge is -2.30. The molecule has 2 heterocycles. The molecule has 0 unspecified atom stereocenters. The van der Waals surface area contributed by atoms with Gasteiger partial charge in [-0.15, -0.1) is 11.3 Å². The van der Waals surface area contributed by atoms with E-state index in [-0.39, 0.29) is 5.91 Å². The van der Waals surface area contributed by atoms with Gasteiger partial charge in [0, 0.05) is 12.6 Å². The number of carbonyl (C=O) groups is 1. The molecule has 0 spiro atoms. The van der Waals surface area contributed by atoms with E-state index >= 15 is 0 Å². The average Bonchev–Trinajstić information content (AvgIpc) is 3.18. The van der Waals surface area contributed by atoms with Crippen molar-refractivity contribution < 1.29 is 4.79 Å². The maximum absolute atomic E-state index is 12.6. The van der Waals surface area contributed by atoms with Crippen LogP contribution in [0.3, 0.4) is 0 Å². The fourth-order valence-corrected chi connectivity index (χ4v) is 3.46. The van der Waals surface area contributed by atoms with Gasteiger partial charge in [-0.2, -0.15) is 0 Å². The third-order valence-electron chi connectivity index (χ3n) is 3.99. The molecule has 5 heteroatoms. The quantitative estimate of drug-likeness (QED) is 0.917. The summed E-state index contributed by atoms with van der Waals surface area (Å²) in [6, 6.07) is 0.491. The van der Waals surface area contributed by atoms with Gasteiger partial charge in [0.15, 0.2) is 0 Å². The van der Waals surface area contributed by atoms with Crippen LogP contribution in [0.5, 0.6) is 0 Å². The molecule has 1 aromatic rings. The monoisotopic (exact) mass is 279 g/mol. The lowest BCUT2D eigenvalue weighted by atomic mass is 9.97. The minimum Gasteiger partial charge on any atom is -0.335 e. The highest BCUT2D eigenvalue weighted by Gasteiger charge is 2.35. The summed E-state index contributed by atoms with van der Waals surface area (Å²) in [6.07, 6.45) is 6.47. The van der Waals surface area contributed by atoms with Gasteiger partial charge in [-0.3, -0.25) is 4.79 Å². The summed E-state index contributed by atoms with van der Waals surface area (Å²) >= 11 is 1.52. The van der Waals surface area contributed by atoms with Gasteiger partial charge in [0.05, 0.1) is 11.2 Å². The molecule has 1 saturated carbocycles. The largest absolute Gasteiger partial charge is 0.335 e. The molecule has 1 N–H and O–H groups in total. The summed E-state index contributed by atoms with van der Waals surface area (Å²) in [5.41, 5.74) is 0. The van der Waals surface area contributed by atoms with Crippen LogP contribution in [0.1, 0.15) is 40.4 Å². The van der Waals surface area contributed by atoms with Crippen molar-refractivity contribution in [3.8, 4) is 0 Å². The molecule has 1 amide bonds. The fourth-order valence-electron chi connectivity index (χ4n) is 2.73.